The molecule has 7 heteroatoms. The number of anilines is 2. The Kier molecular flexibility index (Phi) is 8.82. The summed E-state index contributed by atoms with van der Waals surface area (Å²) in [4.78, 5) is 33.5. The summed E-state index contributed by atoms with van der Waals surface area (Å²) in [6, 6.07) is 34.9. The van der Waals surface area contributed by atoms with Crippen molar-refractivity contribution in [3.05, 3.63) is 131 Å². The van der Waals surface area contributed by atoms with E-state index >= 15 is 0 Å². The Hall–Kier alpha value is -4.46. The van der Waals surface area contributed by atoms with E-state index in [2.05, 4.69) is 81.1 Å². The molecule has 0 saturated carbocycles. The van der Waals surface area contributed by atoms with Gasteiger partial charge in [0, 0.05) is 63.5 Å². The van der Waals surface area contributed by atoms with Gasteiger partial charge in [-0.05, 0) is 48.4 Å². The highest BCUT2D eigenvalue weighted by Crippen LogP contribution is 2.33. The summed E-state index contributed by atoms with van der Waals surface area (Å²) in [5.74, 6) is -0.183. The van der Waals surface area contributed by atoms with Crippen LogP contribution in [-0.2, 0) is 0 Å². The number of benzene rings is 4. The van der Waals surface area contributed by atoms with Crippen molar-refractivity contribution < 1.29 is 9.59 Å². The molecule has 2 saturated heterocycles. The normalized spacial score (nSPS) is 15.9. The molecule has 0 atom stereocenters. The second-order valence-electron chi connectivity index (χ2n) is 11.3. The van der Waals surface area contributed by atoms with Crippen LogP contribution >= 0.6 is 0 Å². The zero-order valence-corrected chi connectivity index (χ0v) is 24.7. The van der Waals surface area contributed by atoms with E-state index in [-0.39, 0.29) is 17.9 Å². The van der Waals surface area contributed by atoms with Gasteiger partial charge < -0.3 is 20.4 Å². The number of rotatable bonds is 7. The summed E-state index contributed by atoms with van der Waals surface area (Å²) in [5.41, 5.74) is 6.46. The van der Waals surface area contributed by atoms with Gasteiger partial charge in [0.2, 0.25) is 0 Å². The van der Waals surface area contributed by atoms with Gasteiger partial charge in [0.1, 0.15) is 0 Å². The highest BCUT2D eigenvalue weighted by atomic mass is 16.2. The molecular formula is C36H39N5O2. The first-order chi connectivity index (χ1) is 21.1. The summed E-state index contributed by atoms with van der Waals surface area (Å²) in [5, 5.41) is 6.45. The number of hydrogen-bond acceptors (Lipinski definition) is 5. The van der Waals surface area contributed by atoms with Crippen molar-refractivity contribution >= 4 is 23.2 Å². The molecule has 4 aromatic carbocycles. The van der Waals surface area contributed by atoms with Gasteiger partial charge in [-0.15, -0.1) is 0 Å². The van der Waals surface area contributed by atoms with Crippen LogP contribution in [0.2, 0.25) is 0 Å². The van der Waals surface area contributed by atoms with E-state index in [0.29, 0.717) is 29.9 Å². The van der Waals surface area contributed by atoms with E-state index < -0.39 is 0 Å². The quantitative estimate of drug-likeness (QED) is 0.318. The van der Waals surface area contributed by atoms with E-state index in [9.17, 15) is 9.59 Å². The Labute approximate surface area is 254 Å². The van der Waals surface area contributed by atoms with Crippen LogP contribution in [0.15, 0.2) is 103 Å². The zero-order chi connectivity index (χ0) is 29.6. The smallest absolute Gasteiger partial charge is 0.255 e. The lowest BCUT2D eigenvalue weighted by molar-refractivity contribution is 0.0735. The lowest BCUT2D eigenvalue weighted by atomic mass is 9.96. The first kappa shape index (κ1) is 28.6. The molecule has 2 amide bonds. The molecule has 0 aliphatic carbocycles. The zero-order valence-electron chi connectivity index (χ0n) is 24.7. The molecule has 220 valence electrons. The van der Waals surface area contributed by atoms with Gasteiger partial charge in [-0.3, -0.25) is 14.5 Å². The maximum Gasteiger partial charge on any atom is 0.255 e. The van der Waals surface area contributed by atoms with Crippen molar-refractivity contribution in [2.45, 2.75) is 13.0 Å². The van der Waals surface area contributed by atoms with Crippen LogP contribution in [0.25, 0.3) is 0 Å². The summed E-state index contributed by atoms with van der Waals surface area (Å²) in [6.07, 6.45) is 0. The van der Waals surface area contributed by atoms with Crippen molar-refractivity contribution in [1.29, 1.82) is 0 Å². The Balaban J connectivity index is 1.25. The first-order valence-electron chi connectivity index (χ1n) is 15.2. The SMILES string of the molecule is Cc1ccc(C(=O)Nc2cc(C(=O)N3CCNCC3)ccc2N2CCN(C(c3ccccc3)c3ccccc3)CC2)cc1. The molecule has 7 nitrogen and oxygen atoms in total. The number of carbonyl (C=O) groups excluding carboxylic acids is 2. The third-order valence-corrected chi connectivity index (χ3v) is 8.46. The van der Waals surface area contributed by atoms with Crippen LogP contribution in [0.5, 0.6) is 0 Å². The largest absolute Gasteiger partial charge is 0.367 e. The molecule has 0 unspecified atom stereocenters. The lowest BCUT2D eigenvalue weighted by Crippen LogP contribution is -2.48. The number of amides is 2. The minimum Gasteiger partial charge on any atom is -0.367 e. The fraction of sp³-hybridized carbons (Fsp3) is 0.278. The minimum absolute atomic E-state index is 0.00253. The Morgan fingerprint density at radius 1 is 0.698 bits per heavy atom. The van der Waals surface area contributed by atoms with Crippen LogP contribution < -0.4 is 15.5 Å². The molecule has 43 heavy (non-hydrogen) atoms. The number of nitrogens with zero attached hydrogens (tertiary/aromatic N) is 3. The van der Waals surface area contributed by atoms with Crippen LogP contribution in [-0.4, -0.2) is 74.0 Å². The molecule has 6 rings (SSSR count). The number of aryl methyl sites for hydroxylation is 1. The number of piperazine rings is 2. The Morgan fingerprint density at radius 3 is 1.88 bits per heavy atom. The summed E-state index contributed by atoms with van der Waals surface area (Å²) < 4.78 is 0. The van der Waals surface area contributed by atoms with Gasteiger partial charge in [0.25, 0.3) is 11.8 Å². The molecule has 0 spiro atoms. The third kappa shape index (κ3) is 6.63. The standard InChI is InChI=1S/C36H39N5O2/c1-27-12-14-30(15-13-27)35(42)38-32-26-31(36(43)41-20-18-37-19-21-41)16-17-33(32)39-22-24-40(25-23-39)34(28-8-4-2-5-9-28)29-10-6-3-7-11-29/h2-17,26,34,37H,18-25H2,1H3,(H,38,42). The van der Waals surface area contributed by atoms with Gasteiger partial charge in [-0.1, -0.05) is 78.4 Å². The van der Waals surface area contributed by atoms with E-state index in [0.717, 1.165) is 50.5 Å². The Morgan fingerprint density at radius 2 is 1.28 bits per heavy atom. The monoisotopic (exact) mass is 573 g/mol. The van der Waals surface area contributed by atoms with Crippen molar-refractivity contribution in [3.8, 4) is 0 Å². The fourth-order valence-corrected chi connectivity index (χ4v) is 6.10. The fourth-order valence-electron chi connectivity index (χ4n) is 6.10. The average molecular weight is 574 g/mol. The first-order valence-corrected chi connectivity index (χ1v) is 15.2. The van der Waals surface area contributed by atoms with E-state index in [4.69, 9.17) is 0 Å². The molecular weight excluding hydrogens is 534 g/mol. The summed E-state index contributed by atoms with van der Waals surface area (Å²) in [7, 11) is 0. The molecule has 2 fully saturated rings. The summed E-state index contributed by atoms with van der Waals surface area (Å²) in [6.45, 7) is 8.27. The molecule has 4 aromatic rings. The topological polar surface area (TPSA) is 67.9 Å². The van der Waals surface area contributed by atoms with Gasteiger partial charge in [0.15, 0.2) is 0 Å². The van der Waals surface area contributed by atoms with Gasteiger partial charge >= 0.3 is 0 Å². The van der Waals surface area contributed by atoms with Crippen molar-refractivity contribution in [1.82, 2.24) is 15.1 Å². The van der Waals surface area contributed by atoms with Gasteiger partial charge in [-0.25, -0.2) is 0 Å². The second-order valence-corrected chi connectivity index (χ2v) is 11.3. The lowest BCUT2D eigenvalue weighted by Gasteiger charge is -2.41. The van der Waals surface area contributed by atoms with Crippen molar-refractivity contribution in [3.63, 3.8) is 0 Å². The number of carbonyl (C=O) groups is 2. The molecule has 0 aromatic heterocycles. The Bertz CT molecular complexity index is 1490. The number of nitrogens with one attached hydrogen (secondary N) is 2. The second kappa shape index (κ2) is 13.2. The highest BCUT2D eigenvalue weighted by Gasteiger charge is 2.28. The average Bonchev–Trinajstić information content (AvgIpc) is 3.06. The van der Waals surface area contributed by atoms with E-state index in [1.54, 1.807) is 0 Å². The molecule has 2 aliphatic rings. The van der Waals surface area contributed by atoms with Crippen LogP contribution in [0.1, 0.15) is 43.4 Å². The molecule has 0 radical (unpaired) electrons. The predicted molar refractivity (Wildman–Crippen MR) is 173 cm³/mol. The van der Waals surface area contributed by atoms with Crippen molar-refractivity contribution in [2.75, 3.05) is 62.6 Å². The highest BCUT2D eigenvalue weighted by molar-refractivity contribution is 6.07. The van der Waals surface area contributed by atoms with E-state index in [1.165, 1.54) is 11.1 Å². The molecule has 2 N–H and O–H groups in total. The minimum atomic E-state index is -0.181. The van der Waals surface area contributed by atoms with E-state index in [1.807, 2.05) is 54.3 Å². The predicted octanol–water partition coefficient (Wildman–Crippen LogP) is 5.20. The molecule has 2 heterocycles. The number of hydrogen-bond donors (Lipinski definition) is 2. The molecule has 0 bridgehead atoms. The maximum absolute atomic E-state index is 13.4. The summed E-state index contributed by atoms with van der Waals surface area (Å²) >= 11 is 0. The van der Waals surface area contributed by atoms with Crippen molar-refractivity contribution in [2.24, 2.45) is 0 Å². The van der Waals surface area contributed by atoms with Crippen LogP contribution in [0.4, 0.5) is 11.4 Å². The third-order valence-electron chi connectivity index (χ3n) is 8.46. The molecule has 2 aliphatic heterocycles. The van der Waals surface area contributed by atoms with Gasteiger partial charge in [0.05, 0.1) is 17.4 Å². The maximum atomic E-state index is 13.4. The van der Waals surface area contributed by atoms with Gasteiger partial charge in [-0.2, -0.15) is 0 Å². The van der Waals surface area contributed by atoms with Crippen LogP contribution in [0.3, 0.4) is 0 Å². The van der Waals surface area contributed by atoms with Crippen LogP contribution in [0, 0.1) is 6.92 Å².